The number of nitrogen functional groups attached to an aromatic ring is 1. The highest BCUT2D eigenvalue weighted by Gasteiger charge is 2.17. The van der Waals surface area contributed by atoms with Gasteiger partial charge in [0.25, 0.3) is 0 Å². The van der Waals surface area contributed by atoms with Crippen molar-refractivity contribution in [2.45, 2.75) is 6.92 Å². The summed E-state index contributed by atoms with van der Waals surface area (Å²) in [5.41, 5.74) is 8.65. The number of ketones is 1. The van der Waals surface area contributed by atoms with Crippen molar-refractivity contribution in [1.82, 2.24) is 15.0 Å². The minimum absolute atomic E-state index is 0.0910. The normalized spacial score (nSPS) is 10.5. The first-order valence-corrected chi connectivity index (χ1v) is 7.28. The standard InChI is InChI=1S/C17H13ClN4O/c1-10-7-11(4-5-13(10)18)14-9-21-17(19)15(22-14)16(23)12-3-2-6-20-8-12/h2-9H,1H3,(H2,19,21). The van der Waals surface area contributed by atoms with Crippen LogP contribution >= 0.6 is 11.6 Å². The summed E-state index contributed by atoms with van der Waals surface area (Å²) in [7, 11) is 0. The third kappa shape index (κ3) is 3.05. The Hall–Kier alpha value is -2.79. The van der Waals surface area contributed by atoms with Crippen LogP contribution < -0.4 is 5.73 Å². The van der Waals surface area contributed by atoms with Gasteiger partial charge in [-0.3, -0.25) is 9.78 Å². The van der Waals surface area contributed by atoms with Crippen molar-refractivity contribution in [3.8, 4) is 11.3 Å². The summed E-state index contributed by atoms with van der Waals surface area (Å²) < 4.78 is 0. The van der Waals surface area contributed by atoms with Gasteiger partial charge in [0.15, 0.2) is 11.5 Å². The van der Waals surface area contributed by atoms with Crippen molar-refractivity contribution in [2.75, 3.05) is 5.73 Å². The molecular weight excluding hydrogens is 312 g/mol. The molecule has 1 aromatic carbocycles. The zero-order chi connectivity index (χ0) is 16.4. The minimum Gasteiger partial charge on any atom is -0.382 e. The molecule has 0 saturated heterocycles. The number of aromatic nitrogens is 3. The van der Waals surface area contributed by atoms with E-state index in [4.69, 9.17) is 17.3 Å². The molecule has 0 radical (unpaired) electrons. The first-order valence-electron chi connectivity index (χ1n) is 6.90. The first kappa shape index (κ1) is 15.1. The van der Waals surface area contributed by atoms with Crippen LogP contribution in [0.3, 0.4) is 0 Å². The molecule has 0 bridgehead atoms. The summed E-state index contributed by atoms with van der Waals surface area (Å²) in [6.07, 6.45) is 4.61. The fraction of sp³-hybridized carbons (Fsp3) is 0.0588. The van der Waals surface area contributed by atoms with Crippen molar-refractivity contribution in [1.29, 1.82) is 0 Å². The van der Waals surface area contributed by atoms with Gasteiger partial charge in [0.05, 0.1) is 11.9 Å². The molecule has 0 aliphatic carbocycles. The van der Waals surface area contributed by atoms with E-state index in [1.54, 1.807) is 24.4 Å². The highest BCUT2D eigenvalue weighted by atomic mass is 35.5. The molecule has 3 rings (SSSR count). The third-order valence-electron chi connectivity index (χ3n) is 3.39. The Labute approximate surface area is 138 Å². The van der Waals surface area contributed by atoms with Crippen molar-refractivity contribution >= 4 is 23.2 Å². The quantitative estimate of drug-likeness (QED) is 0.747. The fourth-order valence-corrected chi connectivity index (χ4v) is 2.26. The summed E-state index contributed by atoms with van der Waals surface area (Å²) in [5.74, 6) is -0.219. The molecule has 3 aromatic rings. The van der Waals surface area contributed by atoms with Gasteiger partial charge in [-0.15, -0.1) is 0 Å². The van der Waals surface area contributed by atoms with E-state index in [-0.39, 0.29) is 17.3 Å². The van der Waals surface area contributed by atoms with E-state index in [2.05, 4.69) is 15.0 Å². The molecule has 2 aromatic heterocycles. The van der Waals surface area contributed by atoms with Crippen molar-refractivity contribution in [2.24, 2.45) is 0 Å². The first-order chi connectivity index (χ1) is 11.1. The molecule has 0 atom stereocenters. The van der Waals surface area contributed by atoms with Gasteiger partial charge in [0.1, 0.15) is 0 Å². The Morgan fingerprint density at radius 3 is 2.74 bits per heavy atom. The molecule has 0 spiro atoms. The molecule has 0 unspecified atom stereocenters. The zero-order valence-corrected chi connectivity index (χ0v) is 13.1. The number of pyridine rings is 1. The number of nitrogens with two attached hydrogens (primary N) is 1. The van der Waals surface area contributed by atoms with E-state index >= 15 is 0 Å². The summed E-state index contributed by atoms with van der Waals surface area (Å²) in [6.45, 7) is 1.90. The maximum Gasteiger partial charge on any atom is 0.216 e. The van der Waals surface area contributed by atoms with Crippen molar-refractivity contribution in [3.05, 3.63) is 70.8 Å². The van der Waals surface area contributed by atoms with Crippen LogP contribution in [0.5, 0.6) is 0 Å². The number of nitrogens with zero attached hydrogens (tertiary/aromatic N) is 3. The van der Waals surface area contributed by atoms with Crippen LogP contribution in [-0.2, 0) is 0 Å². The second-order valence-electron chi connectivity index (χ2n) is 5.02. The Morgan fingerprint density at radius 2 is 2.04 bits per heavy atom. The van der Waals surface area contributed by atoms with E-state index in [0.29, 0.717) is 16.3 Å². The molecule has 0 aliphatic rings. The maximum atomic E-state index is 12.5. The zero-order valence-electron chi connectivity index (χ0n) is 12.3. The minimum atomic E-state index is -0.310. The van der Waals surface area contributed by atoms with Crippen LogP contribution in [0.4, 0.5) is 5.82 Å². The molecule has 2 N–H and O–H groups in total. The van der Waals surface area contributed by atoms with Gasteiger partial charge >= 0.3 is 0 Å². The van der Waals surface area contributed by atoms with Crippen molar-refractivity contribution in [3.63, 3.8) is 0 Å². The largest absolute Gasteiger partial charge is 0.382 e. The van der Waals surface area contributed by atoms with Crippen LogP contribution in [0, 0.1) is 6.92 Å². The van der Waals surface area contributed by atoms with E-state index < -0.39 is 0 Å². The molecule has 23 heavy (non-hydrogen) atoms. The van der Waals surface area contributed by atoms with E-state index in [1.807, 2.05) is 19.1 Å². The summed E-state index contributed by atoms with van der Waals surface area (Å²) in [6, 6.07) is 8.85. The molecule has 2 heterocycles. The van der Waals surface area contributed by atoms with Gasteiger partial charge in [-0.25, -0.2) is 9.97 Å². The number of hydrogen-bond acceptors (Lipinski definition) is 5. The number of carbonyl (C=O) groups is 1. The molecule has 0 amide bonds. The van der Waals surface area contributed by atoms with Crippen molar-refractivity contribution < 1.29 is 4.79 Å². The smallest absolute Gasteiger partial charge is 0.216 e. The fourth-order valence-electron chi connectivity index (χ4n) is 2.14. The topological polar surface area (TPSA) is 81.8 Å². The Bertz CT molecular complexity index is 881. The number of carbonyl (C=O) groups excluding carboxylic acids is 1. The number of benzene rings is 1. The lowest BCUT2D eigenvalue weighted by atomic mass is 10.1. The lowest BCUT2D eigenvalue weighted by Crippen LogP contribution is -2.10. The summed E-state index contributed by atoms with van der Waals surface area (Å²) in [4.78, 5) is 24.9. The number of rotatable bonds is 3. The summed E-state index contributed by atoms with van der Waals surface area (Å²) >= 11 is 6.04. The Morgan fingerprint density at radius 1 is 1.22 bits per heavy atom. The SMILES string of the molecule is Cc1cc(-c2cnc(N)c(C(=O)c3cccnc3)n2)ccc1Cl. The predicted molar refractivity (Wildman–Crippen MR) is 89.3 cm³/mol. The molecule has 0 aliphatic heterocycles. The van der Waals surface area contributed by atoms with Gasteiger partial charge < -0.3 is 5.73 Å². The Balaban J connectivity index is 2.06. The predicted octanol–water partition coefficient (Wildman–Crippen LogP) is 3.31. The lowest BCUT2D eigenvalue weighted by molar-refractivity contribution is 0.103. The van der Waals surface area contributed by atoms with E-state index in [1.165, 1.54) is 12.4 Å². The van der Waals surface area contributed by atoms with Gasteiger partial charge in [0.2, 0.25) is 5.78 Å². The van der Waals surface area contributed by atoms with Gasteiger partial charge in [-0.2, -0.15) is 0 Å². The van der Waals surface area contributed by atoms with Crippen LogP contribution in [-0.4, -0.2) is 20.7 Å². The van der Waals surface area contributed by atoms with Gasteiger partial charge in [0, 0.05) is 28.5 Å². The highest BCUT2D eigenvalue weighted by Crippen LogP contribution is 2.24. The average molecular weight is 325 g/mol. The lowest BCUT2D eigenvalue weighted by Gasteiger charge is -2.07. The van der Waals surface area contributed by atoms with Gasteiger partial charge in [-0.05, 0) is 36.8 Å². The molecule has 6 heteroatoms. The van der Waals surface area contributed by atoms with Crippen LogP contribution in [0.1, 0.15) is 21.6 Å². The number of aryl methyl sites for hydroxylation is 1. The second kappa shape index (κ2) is 6.14. The molecule has 0 saturated carbocycles. The monoisotopic (exact) mass is 324 g/mol. The molecular formula is C17H13ClN4O. The van der Waals surface area contributed by atoms with E-state index in [9.17, 15) is 4.79 Å². The third-order valence-corrected chi connectivity index (χ3v) is 3.82. The van der Waals surface area contributed by atoms with E-state index in [0.717, 1.165) is 11.1 Å². The summed E-state index contributed by atoms with van der Waals surface area (Å²) in [5, 5.41) is 0.670. The van der Waals surface area contributed by atoms with Crippen LogP contribution in [0.15, 0.2) is 48.9 Å². The average Bonchev–Trinajstić information content (AvgIpc) is 2.58. The van der Waals surface area contributed by atoms with Crippen LogP contribution in [0.2, 0.25) is 5.02 Å². The molecule has 5 nitrogen and oxygen atoms in total. The molecule has 114 valence electrons. The number of hydrogen-bond donors (Lipinski definition) is 1. The number of halogens is 1. The second-order valence-corrected chi connectivity index (χ2v) is 5.43. The van der Waals surface area contributed by atoms with Gasteiger partial charge in [-0.1, -0.05) is 17.7 Å². The highest BCUT2D eigenvalue weighted by molar-refractivity contribution is 6.31. The number of anilines is 1. The Kier molecular flexibility index (Phi) is 4.04. The maximum absolute atomic E-state index is 12.5. The molecule has 0 fully saturated rings. The van der Waals surface area contributed by atoms with Crippen LogP contribution in [0.25, 0.3) is 11.3 Å².